The summed E-state index contributed by atoms with van der Waals surface area (Å²) in [6.07, 6.45) is 0. The van der Waals surface area contributed by atoms with Crippen molar-refractivity contribution in [2.24, 2.45) is 0 Å². The van der Waals surface area contributed by atoms with Crippen LogP contribution in [0.25, 0.3) is 21.7 Å². The Hall–Kier alpha value is -2.69. The molecule has 1 aromatic heterocycles. The van der Waals surface area contributed by atoms with E-state index < -0.39 is 5.63 Å². The maximum atomic E-state index is 12.1. The number of phenols is 1. The van der Waals surface area contributed by atoms with Gasteiger partial charge >= 0.3 is 5.63 Å². The van der Waals surface area contributed by atoms with Gasteiger partial charge in [-0.15, -0.1) is 0 Å². The van der Waals surface area contributed by atoms with E-state index in [2.05, 4.69) is 0 Å². The molecule has 0 unspecified atom stereocenters. The zero-order chi connectivity index (χ0) is 13.9. The number of aromatic hydroxyl groups is 1. The summed E-state index contributed by atoms with van der Waals surface area (Å²) < 4.78 is 16.0. The number of aryl methyl sites for hydroxylation is 1. The number of rotatable bonds is 0. The van der Waals surface area contributed by atoms with E-state index in [-0.39, 0.29) is 12.5 Å². The van der Waals surface area contributed by atoms with Gasteiger partial charge in [0.15, 0.2) is 11.5 Å². The first-order valence-electron chi connectivity index (χ1n) is 6.14. The molecule has 5 nitrogen and oxygen atoms in total. The summed E-state index contributed by atoms with van der Waals surface area (Å²) in [6.45, 7) is 1.86. The molecule has 100 valence electrons. The van der Waals surface area contributed by atoms with Crippen molar-refractivity contribution < 1.29 is 19.0 Å². The molecule has 2 aromatic carbocycles. The second kappa shape index (κ2) is 3.66. The van der Waals surface area contributed by atoms with Gasteiger partial charge in [0.25, 0.3) is 0 Å². The summed E-state index contributed by atoms with van der Waals surface area (Å²) in [5, 5.41) is 11.6. The summed E-state index contributed by atoms with van der Waals surface area (Å²) in [5.41, 5.74) is 0.472. The Morgan fingerprint density at radius 2 is 1.75 bits per heavy atom. The summed E-state index contributed by atoms with van der Waals surface area (Å²) in [6, 6.07) is 6.71. The van der Waals surface area contributed by atoms with Crippen LogP contribution in [0.2, 0.25) is 0 Å². The maximum absolute atomic E-state index is 12.1. The van der Waals surface area contributed by atoms with Crippen LogP contribution in [0.4, 0.5) is 0 Å². The van der Waals surface area contributed by atoms with Crippen LogP contribution in [0, 0.1) is 6.92 Å². The van der Waals surface area contributed by atoms with Crippen LogP contribution in [0.15, 0.2) is 33.5 Å². The minimum absolute atomic E-state index is 0.0979. The molecule has 0 saturated carbocycles. The largest absolute Gasteiger partial charge is 0.508 e. The molecule has 1 aliphatic rings. The Balaban J connectivity index is 2.25. The minimum Gasteiger partial charge on any atom is -0.508 e. The number of hydrogen-bond donors (Lipinski definition) is 1. The second-order valence-electron chi connectivity index (χ2n) is 4.73. The number of ether oxygens (including phenoxy) is 2. The Morgan fingerprint density at radius 3 is 2.50 bits per heavy atom. The van der Waals surface area contributed by atoms with Crippen molar-refractivity contribution >= 4 is 21.7 Å². The second-order valence-corrected chi connectivity index (χ2v) is 4.73. The van der Waals surface area contributed by atoms with Gasteiger partial charge in [0.2, 0.25) is 6.79 Å². The molecular formula is C15H10O5. The molecule has 4 rings (SSSR count). The monoisotopic (exact) mass is 270 g/mol. The van der Waals surface area contributed by atoms with Gasteiger partial charge in [-0.3, -0.25) is 0 Å². The van der Waals surface area contributed by atoms with Crippen molar-refractivity contribution in [3.05, 3.63) is 40.2 Å². The Kier molecular flexibility index (Phi) is 2.04. The lowest BCUT2D eigenvalue weighted by Gasteiger charge is -2.07. The molecule has 0 atom stereocenters. The fourth-order valence-electron chi connectivity index (χ4n) is 2.51. The van der Waals surface area contributed by atoms with Gasteiger partial charge in [-0.25, -0.2) is 4.79 Å². The molecule has 0 bridgehead atoms. The van der Waals surface area contributed by atoms with Crippen LogP contribution in [0.3, 0.4) is 0 Å². The molecule has 1 aliphatic heterocycles. The first kappa shape index (κ1) is 11.2. The molecule has 20 heavy (non-hydrogen) atoms. The van der Waals surface area contributed by atoms with Crippen LogP contribution in [-0.4, -0.2) is 11.9 Å². The smallest absolute Gasteiger partial charge is 0.344 e. The van der Waals surface area contributed by atoms with Crippen LogP contribution in [-0.2, 0) is 0 Å². The Labute approximate surface area is 113 Å². The molecule has 0 spiro atoms. The van der Waals surface area contributed by atoms with Gasteiger partial charge in [0.05, 0.1) is 5.39 Å². The lowest BCUT2D eigenvalue weighted by atomic mass is 10.0. The van der Waals surface area contributed by atoms with Crippen LogP contribution >= 0.6 is 0 Å². The molecule has 1 N–H and O–H groups in total. The van der Waals surface area contributed by atoms with E-state index in [0.29, 0.717) is 28.0 Å². The van der Waals surface area contributed by atoms with Crippen molar-refractivity contribution in [3.63, 3.8) is 0 Å². The topological polar surface area (TPSA) is 68.9 Å². The summed E-state index contributed by atoms with van der Waals surface area (Å²) >= 11 is 0. The van der Waals surface area contributed by atoms with Crippen molar-refractivity contribution in [1.29, 1.82) is 0 Å². The number of benzene rings is 2. The SMILES string of the molecule is Cc1c(O)ccc2c1oc(=O)c1cc3c(cc12)OCO3. The third-order valence-corrected chi connectivity index (χ3v) is 3.59. The molecule has 0 amide bonds. The van der Waals surface area contributed by atoms with Crippen molar-refractivity contribution in [3.8, 4) is 17.2 Å². The lowest BCUT2D eigenvalue weighted by molar-refractivity contribution is 0.174. The third kappa shape index (κ3) is 1.34. The fourth-order valence-corrected chi connectivity index (χ4v) is 2.51. The first-order valence-corrected chi connectivity index (χ1v) is 6.14. The molecule has 0 radical (unpaired) electrons. The van der Waals surface area contributed by atoms with Gasteiger partial charge in [-0.2, -0.15) is 0 Å². The first-order chi connectivity index (χ1) is 9.65. The number of hydrogen-bond acceptors (Lipinski definition) is 5. The predicted molar refractivity (Wildman–Crippen MR) is 72.5 cm³/mol. The highest BCUT2D eigenvalue weighted by Crippen LogP contribution is 2.38. The van der Waals surface area contributed by atoms with Gasteiger partial charge in [-0.1, -0.05) is 0 Å². The van der Waals surface area contributed by atoms with E-state index in [0.717, 1.165) is 10.8 Å². The number of phenolic OH excluding ortho intramolecular Hbond substituents is 1. The van der Waals surface area contributed by atoms with Crippen LogP contribution in [0.5, 0.6) is 17.2 Å². The zero-order valence-electron chi connectivity index (χ0n) is 10.6. The standard InChI is InChI=1S/C15H10O5/c1-7-11(16)3-2-8-9-4-12-13(19-6-18-12)5-10(9)15(17)20-14(7)8/h2-5,16H,6H2,1H3. The lowest BCUT2D eigenvalue weighted by Crippen LogP contribution is -2.00. The molecular weight excluding hydrogens is 260 g/mol. The van der Waals surface area contributed by atoms with E-state index >= 15 is 0 Å². The van der Waals surface area contributed by atoms with Gasteiger partial charge in [0.1, 0.15) is 11.3 Å². The van der Waals surface area contributed by atoms with Gasteiger partial charge in [0, 0.05) is 16.3 Å². The van der Waals surface area contributed by atoms with Crippen LogP contribution in [0.1, 0.15) is 5.56 Å². The van der Waals surface area contributed by atoms with Gasteiger partial charge < -0.3 is 19.0 Å². The molecule has 0 fully saturated rings. The Morgan fingerprint density at radius 1 is 1.05 bits per heavy atom. The van der Waals surface area contributed by atoms with Crippen molar-refractivity contribution in [1.82, 2.24) is 0 Å². The third-order valence-electron chi connectivity index (χ3n) is 3.59. The number of fused-ring (bicyclic) bond motifs is 4. The Bertz CT molecular complexity index is 923. The highest BCUT2D eigenvalue weighted by molar-refractivity contribution is 6.06. The van der Waals surface area contributed by atoms with Gasteiger partial charge in [-0.05, 0) is 31.2 Å². The average Bonchev–Trinajstić information content (AvgIpc) is 2.89. The normalized spacial score (nSPS) is 13.2. The van der Waals surface area contributed by atoms with Crippen LogP contribution < -0.4 is 15.1 Å². The highest BCUT2D eigenvalue weighted by Gasteiger charge is 2.18. The minimum atomic E-state index is -0.459. The van der Waals surface area contributed by atoms with E-state index in [1.54, 1.807) is 31.2 Å². The molecule has 3 aromatic rings. The summed E-state index contributed by atoms with van der Waals surface area (Å²) in [4.78, 5) is 12.1. The summed E-state index contributed by atoms with van der Waals surface area (Å²) in [7, 11) is 0. The van der Waals surface area contributed by atoms with Crippen molar-refractivity contribution in [2.45, 2.75) is 6.92 Å². The molecule has 2 heterocycles. The molecule has 5 heteroatoms. The maximum Gasteiger partial charge on any atom is 0.344 e. The van der Waals surface area contributed by atoms with E-state index in [9.17, 15) is 9.90 Å². The average molecular weight is 270 g/mol. The van der Waals surface area contributed by atoms with E-state index in [1.165, 1.54) is 0 Å². The molecule has 0 saturated heterocycles. The van der Waals surface area contributed by atoms with E-state index in [4.69, 9.17) is 13.9 Å². The quantitative estimate of drug-likeness (QED) is 0.502. The van der Waals surface area contributed by atoms with E-state index in [1.807, 2.05) is 0 Å². The van der Waals surface area contributed by atoms with Crippen molar-refractivity contribution in [2.75, 3.05) is 6.79 Å². The predicted octanol–water partition coefficient (Wildman–Crippen LogP) is 2.69. The summed E-state index contributed by atoms with van der Waals surface area (Å²) in [5.74, 6) is 1.25. The fraction of sp³-hybridized carbons (Fsp3) is 0.133. The zero-order valence-corrected chi connectivity index (χ0v) is 10.6. The molecule has 0 aliphatic carbocycles. The highest BCUT2D eigenvalue weighted by atomic mass is 16.7.